The van der Waals surface area contributed by atoms with Crippen molar-refractivity contribution in [2.45, 2.75) is 10.8 Å². The van der Waals surface area contributed by atoms with Crippen molar-refractivity contribution in [3.05, 3.63) is 100 Å². The normalized spacial score (nSPS) is 11.9. The molecule has 8 heteroatoms. The number of hydrogen-bond donors (Lipinski definition) is 1. The summed E-state index contributed by atoms with van der Waals surface area (Å²) in [6.45, 7) is -2.18. The number of benzene rings is 3. The van der Waals surface area contributed by atoms with E-state index in [4.69, 9.17) is 9.84 Å². The van der Waals surface area contributed by atoms with E-state index in [9.17, 15) is 18.0 Å². The first-order valence-electron chi connectivity index (χ1n) is 9.87. The molecular weight excluding hydrogens is 517 g/mol. The van der Waals surface area contributed by atoms with Gasteiger partial charge in [-0.2, -0.15) is 8.78 Å². The van der Waals surface area contributed by atoms with Gasteiger partial charge in [0, 0.05) is 20.7 Å². The molecule has 0 spiro atoms. The number of carbonyl (C=O) groups is 1. The van der Waals surface area contributed by atoms with E-state index < -0.39 is 25.2 Å². The van der Waals surface area contributed by atoms with Gasteiger partial charge in [0.1, 0.15) is 5.75 Å². The van der Waals surface area contributed by atoms with Gasteiger partial charge in [0.15, 0.2) is 13.3 Å². The second kappa shape index (κ2) is 11.4. The van der Waals surface area contributed by atoms with Gasteiger partial charge in [-0.3, -0.25) is 0 Å². The Balaban J connectivity index is 1.84. The smallest absolute Gasteiger partial charge is 0.341 e. The summed E-state index contributed by atoms with van der Waals surface area (Å²) in [6, 6.07) is 20.3. The lowest BCUT2D eigenvalue weighted by molar-refractivity contribution is -0.139. The molecule has 0 aliphatic rings. The number of thioether (sulfide) groups is 1. The van der Waals surface area contributed by atoms with E-state index in [2.05, 4.69) is 15.9 Å². The third-order valence-electron chi connectivity index (χ3n) is 4.64. The van der Waals surface area contributed by atoms with Gasteiger partial charge in [0.25, 0.3) is 0 Å². The maximum atomic E-state index is 13.9. The highest BCUT2D eigenvalue weighted by atomic mass is 79.9. The van der Waals surface area contributed by atoms with Crippen LogP contribution in [0.4, 0.5) is 13.2 Å². The number of carboxylic acid groups (broad SMARTS) is 1. The van der Waals surface area contributed by atoms with Crippen molar-refractivity contribution in [1.29, 1.82) is 0 Å². The highest BCUT2D eigenvalue weighted by Crippen LogP contribution is 2.34. The number of aliphatic carboxylic acids is 1. The van der Waals surface area contributed by atoms with Crippen LogP contribution in [-0.4, -0.2) is 30.1 Å². The molecule has 0 bridgehead atoms. The first-order valence-corrected chi connectivity index (χ1v) is 11.7. The number of hydrogen-bond acceptors (Lipinski definition) is 3. The van der Waals surface area contributed by atoms with Crippen LogP contribution in [0.25, 0.3) is 5.57 Å². The standard InChI is InChI=1S/C25H20BrF3O3S/c26-22-14-20(32-15-24(30)31)9-10-23(22)33-12-11-21(17-5-2-1-3-6-17)18-7-4-8-19(13-18)25(28,29)16-27/h1-11,13-14H,12,15-16H2,(H,30,31)/b21-11-. The Morgan fingerprint density at radius 3 is 2.42 bits per heavy atom. The fourth-order valence-corrected chi connectivity index (χ4v) is 4.55. The molecule has 0 saturated heterocycles. The van der Waals surface area contributed by atoms with Gasteiger partial charge >= 0.3 is 11.9 Å². The van der Waals surface area contributed by atoms with Crippen molar-refractivity contribution in [1.82, 2.24) is 0 Å². The molecule has 172 valence electrons. The van der Waals surface area contributed by atoms with Gasteiger partial charge in [-0.15, -0.1) is 11.8 Å². The number of halogens is 4. The van der Waals surface area contributed by atoms with Crippen LogP contribution < -0.4 is 4.74 Å². The zero-order valence-electron chi connectivity index (χ0n) is 17.3. The molecule has 3 aromatic rings. The van der Waals surface area contributed by atoms with E-state index in [1.807, 2.05) is 42.5 Å². The van der Waals surface area contributed by atoms with Crippen molar-refractivity contribution in [2.24, 2.45) is 0 Å². The molecule has 0 heterocycles. The fourth-order valence-electron chi connectivity index (χ4n) is 3.06. The summed E-state index contributed by atoms with van der Waals surface area (Å²) in [5.41, 5.74) is 1.83. The molecule has 0 aliphatic heterocycles. The van der Waals surface area contributed by atoms with Crippen molar-refractivity contribution < 1.29 is 27.8 Å². The molecule has 0 saturated carbocycles. The molecule has 0 fully saturated rings. The first kappa shape index (κ1) is 24.9. The third kappa shape index (κ3) is 6.88. The lowest BCUT2D eigenvalue weighted by Crippen LogP contribution is -2.15. The number of alkyl halides is 3. The van der Waals surface area contributed by atoms with E-state index in [0.717, 1.165) is 20.5 Å². The summed E-state index contributed by atoms with van der Waals surface area (Å²) < 4.78 is 46.6. The Kier molecular flexibility index (Phi) is 8.63. The zero-order valence-corrected chi connectivity index (χ0v) is 19.7. The topological polar surface area (TPSA) is 46.5 Å². The fraction of sp³-hybridized carbons (Fsp3) is 0.160. The van der Waals surface area contributed by atoms with Crippen molar-refractivity contribution in [3.8, 4) is 5.75 Å². The van der Waals surface area contributed by atoms with Crippen molar-refractivity contribution >= 4 is 39.2 Å². The predicted molar refractivity (Wildman–Crippen MR) is 128 cm³/mol. The average molecular weight is 537 g/mol. The lowest BCUT2D eigenvalue weighted by Gasteiger charge is -2.15. The summed E-state index contributed by atoms with van der Waals surface area (Å²) in [4.78, 5) is 11.6. The largest absolute Gasteiger partial charge is 0.482 e. The number of ether oxygens (including phenoxy) is 1. The number of carboxylic acids is 1. The van der Waals surface area contributed by atoms with Crippen LogP contribution in [-0.2, 0) is 10.7 Å². The van der Waals surface area contributed by atoms with Crippen molar-refractivity contribution in [3.63, 3.8) is 0 Å². The average Bonchev–Trinajstić information content (AvgIpc) is 2.82. The zero-order chi connectivity index (χ0) is 23.8. The van der Waals surface area contributed by atoms with E-state index in [1.165, 1.54) is 30.0 Å². The molecule has 3 nitrogen and oxygen atoms in total. The van der Waals surface area contributed by atoms with Crippen LogP contribution in [0.3, 0.4) is 0 Å². The first-order chi connectivity index (χ1) is 15.8. The molecule has 3 aromatic carbocycles. The van der Waals surface area contributed by atoms with Gasteiger partial charge in [-0.1, -0.05) is 54.6 Å². The minimum absolute atomic E-state index is 0.364. The van der Waals surface area contributed by atoms with Gasteiger partial charge in [-0.25, -0.2) is 9.18 Å². The molecule has 0 radical (unpaired) electrons. The van der Waals surface area contributed by atoms with Gasteiger partial charge < -0.3 is 9.84 Å². The molecule has 33 heavy (non-hydrogen) atoms. The Morgan fingerprint density at radius 1 is 1.03 bits per heavy atom. The van der Waals surface area contributed by atoms with Crippen molar-refractivity contribution in [2.75, 3.05) is 19.0 Å². The Bertz CT molecular complexity index is 1140. The monoisotopic (exact) mass is 536 g/mol. The van der Waals surface area contributed by atoms with E-state index >= 15 is 0 Å². The summed E-state index contributed by atoms with van der Waals surface area (Å²) in [5.74, 6) is -3.64. The predicted octanol–water partition coefficient (Wildman–Crippen LogP) is 7.20. The second-order valence-electron chi connectivity index (χ2n) is 6.99. The summed E-state index contributed by atoms with van der Waals surface area (Å²) >= 11 is 4.97. The molecule has 0 atom stereocenters. The minimum Gasteiger partial charge on any atom is -0.482 e. The third-order valence-corrected chi connectivity index (χ3v) is 6.56. The van der Waals surface area contributed by atoms with Crippen LogP contribution in [0.5, 0.6) is 5.75 Å². The second-order valence-corrected chi connectivity index (χ2v) is 8.90. The Hall–Kier alpha value is -2.71. The van der Waals surface area contributed by atoms with E-state index in [0.29, 0.717) is 17.1 Å². The van der Waals surface area contributed by atoms with Gasteiger partial charge in [0.2, 0.25) is 0 Å². The molecule has 0 amide bonds. The molecule has 1 N–H and O–H groups in total. The molecule has 3 rings (SSSR count). The van der Waals surface area contributed by atoms with E-state index in [1.54, 1.807) is 18.2 Å². The molecule has 0 unspecified atom stereocenters. The van der Waals surface area contributed by atoms with Gasteiger partial charge in [-0.05, 0) is 56.9 Å². The quantitative estimate of drug-likeness (QED) is 0.278. The van der Waals surface area contributed by atoms with Crippen LogP contribution in [0.15, 0.2) is 88.2 Å². The Labute approximate surface area is 202 Å². The number of rotatable bonds is 10. The van der Waals surface area contributed by atoms with Crippen LogP contribution >= 0.6 is 27.7 Å². The highest BCUT2D eigenvalue weighted by molar-refractivity contribution is 9.10. The summed E-state index contributed by atoms with van der Waals surface area (Å²) in [6.07, 6.45) is 1.94. The Morgan fingerprint density at radius 2 is 1.76 bits per heavy atom. The van der Waals surface area contributed by atoms with Crippen LogP contribution in [0.2, 0.25) is 0 Å². The van der Waals surface area contributed by atoms with Crippen LogP contribution in [0, 0.1) is 0 Å². The van der Waals surface area contributed by atoms with Gasteiger partial charge in [0.05, 0.1) is 0 Å². The van der Waals surface area contributed by atoms with Crippen LogP contribution in [0.1, 0.15) is 16.7 Å². The summed E-state index contributed by atoms with van der Waals surface area (Å²) in [5, 5.41) is 8.72. The molecule has 0 aromatic heterocycles. The molecule has 0 aliphatic carbocycles. The maximum Gasteiger partial charge on any atom is 0.341 e. The lowest BCUT2D eigenvalue weighted by atomic mass is 9.95. The summed E-state index contributed by atoms with van der Waals surface area (Å²) in [7, 11) is 0. The maximum absolute atomic E-state index is 13.9. The molecular formula is C25H20BrF3O3S. The van der Waals surface area contributed by atoms with E-state index in [-0.39, 0.29) is 5.56 Å². The highest BCUT2D eigenvalue weighted by Gasteiger charge is 2.31. The SMILES string of the molecule is O=C(O)COc1ccc(SC/C=C(/c2ccccc2)c2cccc(C(F)(F)CF)c2)c(Br)c1. The minimum atomic E-state index is -3.54.